The van der Waals surface area contributed by atoms with Crippen LogP contribution in [0.3, 0.4) is 0 Å². The van der Waals surface area contributed by atoms with Gasteiger partial charge in [0.1, 0.15) is 11.6 Å². The molecule has 1 aromatic carbocycles. The van der Waals surface area contributed by atoms with Gasteiger partial charge in [0.15, 0.2) is 0 Å². The van der Waals surface area contributed by atoms with Crippen LogP contribution in [0.4, 0.5) is 0 Å². The second-order valence-corrected chi connectivity index (χ2v) is 3.78. The molecule has 0 N–H and O–H groups in total. The largest absolute Gasteiger partial charge is 0.461 e. The Kier molecular flexibility index (Phi) is 3.09. The first kappa shape index (κ1) is 9.86. The van der Waals surface area contributed by atoms with Crippen LogP contribution in [0.25, 0.3) is 10.6 Å². The first-order valence-corrected chi connectivity index (χ1v) is 5.33. The van der Waals surface area contributed by atoms with E-state index in [1.54, 1.807) is 11.3 Å². The predicted octanol–water partition coefficient (Wildman–Crippen LogP) is 2.48. The zero-order chi connectivity index (χ0) is 10.5. The van der Waals surface area contributed by atoms with Crippen molar-refractivity contribution in [3.8, 4) is 10.6 Å². The number of rotatable bonds is 4. The molecule has 0 atom stereocenters. The molecule has 0 saturated carbocycles. The maximum Gasteiger partial charge on any atom is 0.293 e. The van der Waals surface area contributed by atoms with Gasteiger partial charge < -0.3 is 4.74 Å². The minimum atomic E-state index is 0.243. The van der Waals surface area contributed by atoms with Gasteiger partial charge in [-0.05, 0) is 0 Å². The minimum absolute atomic E-state index is 0.243. The normalized spacial score (nSPS) is 9.87. The zero-order valence-corrected chi connectivity index (χ0v) is 8.74. The highest BCUT2D eigenvalue weighted by Gasteiger charge is 2.03. The number of ether oxygens (including phenoxy) is 1. The Labute approximate surface area is 91.4 Å². The van der Waals surface area contributed by atoms with Gasteiger partial charge in [-0.25, -0.2) is 4.98 Å². The van der Waals surface area contributed by atoms with Crippen molar-refractivity contribution >= 4 is 17.8 Å². The van der Waals surface area contributed by atoms with Crippen molar-refractivity contribution in [3.05, 3.63) is 41.4 Å². The second kappa shape index (κ2) is 4.70. The summed E-state index contributed by atoms with van der Waals surface area (Å²) in [5, 5.41) is 2.84. The number of carbonyl (C=O) groups excluding carboxylic acids is 1. The first-order chi connectivity index (χ1) is 7.40. The summed E-state index contributed by atoms with van der Waals surface area (Å²) in [6.45, 7) is 0.675. The maximum atomic E-state index is 10.0. The van der Waals surface area contributed by atoms with Crippen LogP contribution in [0.1, 0.15) is 5.69 Å². The monoisotopic (exact) mass is 219 g/mol. The summed E-state index contributed by atoms with van der Waals surface area (Å²) in [6, 6.07) is 9.91. The Morgan fingerprint density at radius 1 is 1.33 bits per heavy atom. The molecule has 2 rings (SSSR count). The lowest BCUT2D eigenvalue weighted by Crippen LogP contribution is -1.89. The molecule has 0 bridgehead atoms. The second-order valence-electron chi connectivity index (χ2n) is 2.92. The third-order valence-corrected chi connectivity index (χ3v) is 2.81. The summed E-state index contributed by atoms with van der Waals surface area (Å²) >= 11 is 1.55. The lowest BCUT2D eigenvalue weighted by atomic mass is 10.2. The van der Waals surface area contributed by atoms with Gasteiger partial charge in [-0.1, -0.05) is 30.3 Å². The third kappa shape index (κ3) is 2.41. The topological polar surface area (TPSA) is 39.2 Å². The third-order valence-electron chi connectivity index (χ3n) is 1.87. The van der Waals surface area contributed by atoms with Crippen molar-refractivity contribution < 1.29 is 9.53 Å². The molecule has 0 aliphatic rings. The molecule has 0 spiro atoms. The van der Waals surface area contributed by atoms with E-state index in [1.165, 1.54) is 0 Å². The highest BCUT2D eigenvalue weighted by atomic mass is 32.1. The van der Waals surface area contributed by atoms with Crippen molar-refractivity contribution in [2.24, 2.45) is 0 Å². The molecule has 0 unspecified atom stereocenters. The van der Waals surface area contributed by atoms with E-state index in [0.29, 0.717) is 6.47 Å². The highest BCUT2D eigenvalue weighted by Crippen LogP contribution is 2.23. The van der Waals surface area contributed by atoms with Gasteiger partial charge in [0, 0.05) is 10.9 Å². The van der Waals surface area contributed by atoms with E-state index in [2.05, 4.69) is 9.72 Å². The molecule has 0 radical (unpaired) electrons. The fourth-order valence-corrected chi connectivity index (χ4v) is 2.02. The van der Waals surface area contributed by atoms with E-state index < -0.39 is 0 Å². The molecule has 15 heavy (non-hydrogen) atoms. The fraction of sp³-hybridized carbons (Fsp3) is 0.0909. The number of nitrogens with zero attached hydrogens (tertiary/aromatic N) is 1. The van der Waals surface area contributed by atoms with Crippen molar-refractivity contribution in [3.63, 3.8) is 0 Å². The standard InChI is InChI=1S/C11H9NO2S/c13-8-14-6-10-7-15-11(12-10)9-4-2-1-3-5-9/h1-5,7-8H,6H2. The lowest BCUT2D eigenvalue weighted by molar-refractivity contribution is -0.129. The molecule has 76 valence electrons. The Morgan fingerprint density at radius 3 is 2.87 bits per heavy atom. The Balaban J connectivity index is 2.17. The molecule has 0 aliphatic heterocycles. The van der Waals surface area contributed by atoms with Crippen LogP contribution < -0.4 is 0 Å². The van der Waals surface area contributed by atoms with Gasteiger partial charge in [0.2, 0.25) is 0 Å². The summed E-state index contributed by atoms with van der Waals surface area (Å²) in [5.41, 5.74) is 1.87. The average molecular weight is 219 g/mol. The molecule has 0 fully saturated rings. The smallest absolute Gasteiger partial charge is 0.293 e. The molecule has 2 aromatic rings. The zero-order valence-electron chi connectivity index (χ0n) is 7.92. The van der Waals surface area contributed by atoms with Crippen molar-refractivity contribution in [1.29, 1.82) is 0 Å². The Bertz CT molecular complexity index is 439. The summed E-state index contributed by atoms with van der Waals surface area (Å²) < 4.78 is 4.63. The Hall–Kier alpha value is -1.68. The molecular weight excluding hydrogens is 210 g/mol. The van der Waals surface area contributed by atoms with Crippen LogP contribution >= 0.6 is 11.3 Å². The van der Waals surface area contributed by atoms with Crippen LogP contribution in [0.2, 0.25) is 0 Å². The average Bonchev–Trinajstić information content (AvgIpc) is 2.76. The van der Waals surface area contributed by atoms with Crippen molar-refractivity contribution in [2.45, 2.75) is 6.61 Å². The molecule has 4 heteroatoms. The quantitative estimate of drug-likeness (QED) is 0.741. The summed E-state index contributed by atoms with van der Waals surface area (Å²) in [7, 11) is 0. The number of benzene rings is 1. The maximum absolute atomic E-state index is 10.0. The Morgan fingerprint density at radius 2 is 2.13 bits per heavy atom. The number of thiazole rings is 1. The molecular formula is C11H9NO2S. The number of aromatic nitrogens is 1. The number of hydrogen-bond donors (Lipinski definition) is 0. The highest BCUT2D eigenvalue weighted by molar-refractivity contribution is 7.13. The van der Waals surface area contributed by atoms with Gasteiger partial charge in [-0.15, -0.1) is 11.3 Å². The first-order valence-electron chi connectivity index (χ1n) is 4.45. The molecule has 0 saturated heterocycles. The van der Waals surface area contributed by atoms with Crippen LogP contribution in [0.15, 0.2) is 35.7 Å². The van der Waals surface area contributed by atoms with Crippen LogP contribution in [0.5, 0.6) is 0 Å². The van der Waals surface area contributed by atoms with Gasteiger partial charge in [0.25, 0.3) is 6.47 Å². The van der Waals surface area contributed by atoms with E-state index in [4.69, 9.17) is 0 Å². The lowest BCUT2D eigenvalue weighted by Gasteiger charge is -1.94. The van der Waals surface area contributed by atoms with Crippen LogP contribution in [-0.4, -0.2) is 11.5 Å². The molecule has 0 aliphatic carbocycles. The summed E-state index contributed by atoms with van der Waals surface area (Å²) in [5.74, 6) is 0. The van der Waals surface area contributed by atoms with Gasteiger partial charge in [0.05, 0.1) is 5.69 Å². The molecule has 0 amide bonds. The number of hydrogen-bond acceptors (Lipinski definition) is 4. The molecule has 3 nitrogen and oxygen atoms in total. The van der Waals surface area contributed by atoms with E-state index >= 15 is 0 Å². The van der Waals surface area contributed by atoms with E-state index in [0.717, 1.165) is 16.3 Å². The van der Waals surface area contributed by atoms with Gasteiger partial charge in [-0.2, -0.15) is 0 Å². The number of carbonyl (C=O) groups is 1. The summed E-state index contributed by atoms with van der Waals surface area (Å²) in [4.78, 5) is 14.4. The predicted molar refractivity (Wildman–Crippen MR) is 58.4 cm³/mol. The van der Waals surface area contributed by atoms with Gasteiger partial charge in [-0.3, -0.25) is 4.79 Å². The van der Waals surface area contributed by atoms with Gasteiger partial charge >= 0.3 is 0 Å². The van der Waals surface area contributed by atoms with E-state index in [1.807, 2.05) is 35.7 Å². The molecule has 1 aromatic heterocycles. The molecule has 1 heterocycles. The fourth-order valence-electron chi connectivity index (χ4n) is 1.21. The van der Waals surface area contributed by atoms with E-state index in [-0.39, 0.29) is 6.61 Å². The van der Waals surface area contributed by atoms with Crippen molar-refractivity contribution in [2.75, 3.05) is 0 Å². The summed E-state index contributed by atoms with van der Waals surface area (Å²) in [6.07, 6.45) is 0. The van der Waals surface area contributed by atoms with E-state index in [9.17, 15) is 4.79 Å². The van der Waals surface area contributed by atoms with Crippen LogP contribution in [0, 0.1) is 0 Å². The SMILES string of the molecule is O=COCc1csc(-c2ccccc2)n1. The van der Waals surface area contributed by atoms with Crippen LogP contribution in [-0.2, 0) is 16.1 Å². The minimum Gasteiger partial charge on any atom is -0.461 e. The van der Waals surface area contributed by atoms with Crippen molar-refractivity contribution in [1.82, 2.24) is 4.98 Å².